The molecule has 1 aliphatic rings. The van der Waals surface area contributed by atoms with Crippen LogP contribution in [0.15, 0.2) is 47.4 Å². The average Bonchev–Trinajstić information content (AvgIpc) is 2.60. The molecule has 0 atom stereocenters. The van der Waals surface area contributed by atoms with E-state index in [4.69, 9.17) is 0 Å². The second kappa shape index (κ2) is 6.48. The molecule has 0 unspecified atom stereocenters. The normalized spacial score (nSPS) is 14.6. The number of hydrogen-bond acceptors (Lipinski definition) is 3. The standard InChI is InChI=1S/C18H19FN2O3S/c1-3-20(4-2)18(22)12-21-16-10-9-13(19)11-15(16)14-7-5-6-8-17(14)25(21,23)24/h5-11H,3-4,12H2,1-2H3. The molecule has 0 saturated heterocycles. The van der Waals surface area contributed by atoms with Crippen molar-refractivity contribution in [2.75, 3.05) is 23.9 Å². The lowest BCUT2D eigenvalue weighted by Gasteiger charge is -2.33. The Morgan fingerprint density at radius 1 is 1.08 bits per heavy atom. The zero-order valence-corrected chi connectivity index (χ0v) is 14.9. The molecule has 1 heterocycles. The lowest BCUT2D eigenvalue weighted by atomic mass is 10.0. The lowest BCUT2D eigenvalue weighted by Crippen LogP contribution is -2.44. The molecule has 0 spiro atoms. The Morgan fingerprint density at radius 2 is 1.76 bits per heavy atom. The molecule has 0 bridgehead atoms. The molecule has 0 saturated carbocycles. The Hall–Kier alpha value is -2.41. The van der Waals surface area contributed by atoms with E-state index in [9.17, 15) is 17.6 Å². The molecule has 5 nitrogen and oxygen atoms in total. The second-order valence-electron chi connectivity index (χ2n) is 5.74. The Bertz CT molecular complexity index is 924. The van der Waals surface area contributed by atoms with Gasteiger partial charge in [-0.15, -0.1) is 0 Å². The molecular weight excluding hydrogens is 343 g/mol. The third-order valence-electron chi connectivity index (χ3n) is 4.37. The fraction of sp³-hybridized carbons (Fsp3) is 0.278. The maximum Gasteiger partial charge on any atom is 0.265 e. The van der Waals surface area contributed by atoms with Crippen LogP contribution in [0.25, 0.3) is 11.1 Å². The number of amides is 1. The zero-order valence-electron chi connectivity index (χ0n) is 14.1. The summed E-state index contributed by atoms with van der Waals surface area (Å²) in [7, 11) is -3.89. The number of fused-ring (bicyclic) bond motifs is 3. The van der Waals surface area contributed by atoms with Gasteiger partial charge >= 0.3 is 0 Å². The predicted molar refractivity (Wildman–Crippen MR) is 94.3 cm³/mol. The summed E-state index contributed by atoms with van der Waals surface area (Å²) in [6.45, 7) is 4.36. The third kappa shape index (κ3) is 2.89. The first-order valence-corrected chi connectivity index (χ1v) is 9.53. The number of nitrogens with zero attached hydrogens (tertiary/aromatic N) is 2. The maximum atomic E-state index is 13.8. The number of carbonyl (C=O) groups excluding carboxylic acids is 1. The first kappa shape index (κ1) is 17.4. The van der Waals surface area contributed by atoms with Crippen LogP contribution in [0.3, 0.4) is 0 Å². The molecule has 0 N–H and O–H groups in total. The largest absolute Gasteiger partial charge is 0.342 e. The number of sulfonamides is 1. The summed E-state index contributed by atoms with van der Waals surface area (Å²) < 4.78 is 40.9. The number of anilines is 1. The molecule has 25 heavy (non-hydrogen) atoms. The van der Waals surface area contributed by atoms with Crippen molar-refractivity contribution < 1.29 is 17.6 Å². The van der Waals surface area contributed by atoms with Gasteiger partial charge in [0.25, 0.3) is 10.0 Å². The van der Waals surface area contributed by atoms with Crippen molar-refractivity contribution in [3.05, 3.63) is 48.3 Å². The quantitative estimate of drug-likeness (QED) is 0.840. The van der Waals surface area contributed by atoms with Gasteiger partial charge in [0.05, 0.1) is 10.6 Å². The topological polar surface area (TPSA) is 57.7 Å². The number of halogens is 1. The fourth-order valence-electron chi connectivity index (χ4n) is 3.07. The van der Waals surface area contributed by atoms with Gasteiger partial charge in [-0.2, -0.15) is 0 Å². The molecule has 0 fully saturated rings. The van der Waals surface area contributed by atoms with Crippen LogP contribution in [0.5, 0.6) is 0 Å². The highest BCUT2D eigenvalue weighted by atomic mass is 32.2. The summed E-state index contributed by atoms with van der Waals surface area (Å²) in [6.07, 6.45) is 0. The van der Waals surface area contributed by atoms with Gasteiger partial charge in [-0.25, -0.2) is 12.8 Å². The molecule has 1 amide bonds. The molecule has 0 aliphatic carbocycles. The van der Waals surface area contributed by atoms with Crippen molar-refractivity contribution in [2.24, 2.45) is 0 Å². The van der Waals surface area contributed by atoms with E-state index in [0.29, 0.717) is 29.9 Å². The van der Waals surface area contributed by atoms with E-state index in [0.717, 1.165) is 4.31 Å². The van der Waals surface area contributed by atoms with Gasteiger partial charge in [-0.05, 0) is 38.1 Å². The van der Waals surface area contributed by atoms with Gasteiger partial charge < -0.3 is 4.90 Å². The lowest BCUT2D eigenvalue weighted by molar-refractivity contribution is -0.129. The van der Waals surface area contributed by atoms with Gasteiger partial charge in [0.15, 0.2) is 0 Å². The summed E-state index contributed by atoms with van der Waals surface area (Å²) in [4.78, 5) is 14.1. The maximum absolute atomic E-state index is 13.8. The summed E-state index contributed by atoms with van der Waals surface area (Å²) in [5.74, 6) is -0.744. The van der Waals surface area contributed by atoms with E-state index in [1.54, 1.807) is 23.1 Å². The molecule has 0 radical (unpaired) electrons. The minimum absolute atomic E-state index is 0.0837. The van der Waals surface area contributed by atoms with Crippen LogP contribution in [0.1, 0.15) is 13.8 Å². The minimum Gasteiger partial charge on any atom is -0.342 e. The predicted octanol–water partition coefficient (Wildman–Crippen LogP) is 2.87. The van der Waals surface area contributed by atoms with Crippen molar-refractivity contribution in [3.63, 3.8) is 0 Å². The van der Waals surface area contributed by atoms with Crippen LogP contribution in [0.4, 0.5) is 10.1 Å². The van der Waals surface area contributed by atoms with Crippen LogP contribution >= 0.6 is 0 Å². The molecule has 0 aromatic heterocycles. The van der Waals surface area contributed by atoms with Crippen LogP contribution < -0.4 is 4.31 Å². The van der Waals surface area contributed by atoms with E-state index in [2.05, 4.69) is 0 Å². The highest BCUT2D eigenvalue weighted by molar-refractivity contribution is 7.93. The van der Waals surface area contributed by atoms with Crippen LogP contribution in [0.2, 0.25) is 0 Å². The fourth-order valence-corrected chi connectivity index (χ4v) is 4.72. The van der Waals surface area contributed by atoms with Gasteiger partial charge in [0.2, 0.25) is 5.91 Å². The van der Waals surface area contributed by atoms with Crippen LogP contribution in [-0.2, 0) is 14.8 Å². The first-order valence-electron chi connectivity index (χ1n) is 8.09. The molecule has 2 aromatic rings. The monoisotopic (exact) mass is 362 g/mol. The van der Waals surface area contributed by atoms with Crippen LogP contribution in [-0.4, -0.2) is 38.9 Å². The Morgan fingerprint density at radius 3 is 2.44 bits per heavy atom. The SMILES string of the molecule is CCN(CC)C(=O)CN1c2ccc(F)cc2-c2ccccc2S1(=O)=O. The first-order chi connectivity index (χ1) is 11.9. The molecule has 7 heteroatoms. The zero-order chi connectivity index (χ0) is 18.2. The molecule has 2 aromatic carbocycles. The van der Waals surface area contributed by atoms with Gasteiger partial charge in [0, 0.05) is 24.2 Å². The number of likely N-dealkylation sites (N-methyl/N-ethyl adjacent to an activating group) is 1. The van der Waals surface area contributed by atoms with Crippen molar-refractivity contribution in [1.29, 1.82) is 0 Å². The highest BCUT2D eigenvalue weighted by Gasteiger charge is 2.36. The molecule has 3 rings (SSSR count). The van der Waals surface area contributed by atoms with Crippen LogP contribution in [0, 0.1) is 5.82 Å². The van der Waals surface area contributed by atoms with Gasteiger partial charge in [0.1, 0.15) is 12.4 Å². The van der Waals surface area contributed by atoms with Crippen molar-refractivity contribution in [3.8, 4) is 11.1 Å². The van der Waals surface area contributed by atoms with E-state index < -0.39 is 15.8 Å². The average molecular weight is 362 g/mol. The molecule has 1 aliphatic heterocycles. The number of benzene rings is 2. The minimum atomic E-state index is -3.89. The van der Waals surface area contributed by atoms with E-state index in [1.165, 1.54) is 24.3 Å². The van der Waals surface area contributed by atoms with Gasteiger partial charge in [-0.1, -0.05) is 18.2 Å². The van der Waals surface area contributed by atoms with Crippen molar-refractivity contribution >= 4 is 21.6 Å². The van der Waals surface area contributed by atoms with Gasteiger partial charge in [-0.3, -0.25) is 9.10 Å². The van der Waals surface area contributed by atoms with Crippen molar-refractivity contribution in [1.82, 2.24) is 4.90 Å². The number of rotatable bonds is 4. The van der Waals surface area contributed by atoms with E-state index in [-0.39, 0.29) is 17.3 Å². The Labute approximate surface area is 146 Å². The summed E-state index contributed by atoms with van der Waals surface area (Å²) in [6, 6.07) is 10.4. The smallest absolute Gasteiger partial charge is 0.265 e. The second-order valence-corrected chi connectivity index (χ2v) is 7.57. The van der Waals surface area contributed by atoms with E-state index >= 15 is 0 Å². The molecular formula is C18H19FN2O3S. The highest BCUT2D eigenvalue weighted by Crippen LogP contribution is 2.43. The number of carbonyl (C=O) groups is 1. The Kier molecular flexibility index (Phi) is 4.51. The summed E-state index contributed by atoms with van der Waals surface area (Å²) in [5.41, 5.74) is 1.24. The summed E-state index contributed by atoms with van der Waals surface area (Å²) >= 11 is 0. The van der Waals surface area contributed by atoms with E-state index in [1.807, 2.05) is 13.8 Å². The molecule has 132 valence electrons. The Balaban J connectivity index is 2.15. The third-order valence-corrected chi connectivity index (χ3v) is 6.19. The summed E-state index contributed by atoms with van der Waals surface area (Å²) in [5, 5.41) is 0. The van der Waals surface area contributed by atoms with Crippen molar-refractivity contribution in [2.45, 2.75) is 18.7 Å². The number of hydrogen-bond donors (Lipinski definition) is 0.